The highest BCUT2D eigenvalue weighted by Gasteiger charge is 2.24. The Bertz CT molecular complexity index is 868. The number of carbonyl (C=O) groups excluding carboxylic acids is 1. The maximum atomic E-state index is 12.3. The molecule has 0 saturated carbocycles. The number of rotatable bonds is 6. The lowest BCUT2D eigenvalue weighted by atomic mass is 9.94. The van der Waals surface area contributed by atoms with Gasteiger partial charge in [0, 0.05) is 11.0 Å². The van der Waals surface area contributed by atoms with Crippen LogP contribution in [0.4, 0.5) is 5.69 Å². The smallest absolute Gasteiger partial charge is 0.229 e. The Labute approximate surface area is 166 Å². The van der Waals surface area contributed by atoms with E-state index >= 15 is 0 Å². The molecule has 0 fully saturated rings. The van der Waals surface area contributed by atoms with Crippen molar-refractivity contribution in [1.82, 2.24) is 0 Å². The third-order valence-electron chi connectivity index (χ3n) is 4.53. The third kappa shape index (κ3) is 4.16. The van der Waals surface area contributed by atoms with Crippen LogP contribution in [-0.2, 0) is 11.2 Å². The summed E-state index contributed by atoms with van der Waals surface area (Å²) in [5.41, 5.74) is 2.34. The summed E-state index contributed by atoms with van der Waals surface area (Å²) in [6.07, 6.45) is 0.700. The summed E-state index contributed by atoms with van der Waals surface area (Å²) < 4.78 is 16.4. The molecule has 2 rings (SSSR count). The minimum atomic E-state index is -0.565. The molecule has 0 aliphatic rings. The monoisotopic (exact) mass is 387 g/mol. The van der Waals surface area contributed by atoms with Crippen LogP contribution in [-0.4, -0.2) is 32.3 Å². The van der Waals surface area contributed by atoms with Crippen LogP contribution < -0.4 is 19.5 Å². The van der Waals surface area contributed by atoms with Crippen LogP contribution in [0.2, 0.25) is 0 Å². The van der Waals surface area contributed by atoms with Crippen molar-refractivity contribution < 1.29 is 24.1 Å². The molecule has 6 nitrogen and oxygen atoms in total. The number of ether oxygens (including phenoxy) is 3. The van der Waals surface area contributed by atoms with Gasteiger partial charge in [-0.25, -0.2) is 0 Å². The van der Waals surface area contributed by atoms with Crippen molar-refractivity contribution >= 4 is 11.6 Å². The quantitative estimate of drug-likeness (QED) is 0.707. The fourth-order valence-corrected chi connectivity index (χ4v) is 2.90. The van der Waals surface area contributed by atoms with E-state index in [9.17, 15) is 9.90 Å². The second kappa shape index (κ2) is 8.42. The van der Waals surface area contributed by atoms with Gasteiger partial charge in [0.05, 0.1) is 27.0 Å². The van der Waals surface area contributed by atoms with Gasteiger partial charge in [-0.3, -0.25) is 4.79 Å². The Morgan fingerprint density at radius 2 is 1.64 bits per heavy atom. The summed E-state index contributed by atoms with van der Waals surface area (Å²) in [6.45, 7) is 7.48. The van der Waals surface area contributed by atoms with Crippen molar-refractivity contribution in [3.8, 4) is 34.1 Å². The van der Waals surface area contributed by atoms with E-state index in [0.29, 0.717) is 29.4 Å². The SMILES string of the molecule is CCc1cc(NC(=O)C(C)(C)C)c(O)cc1-c1ccc(OC)c(OC)c1OC. The largest absolute Gasteiger partial charge is 0.506 e. The van der Waals surface area contributed by atoms with Crippen LogP contribution >= 0.6 is 0 Å². The maximum Gasteiger partial charge on any atom is 0.229 e. The standard InChI is InChI=1S/C22H29NO5/c1-8-13-11-16(23-21(25)22(2,3)4)17(24)12-15(13)14-9-10-18(26-5)20(28-7)19(14)27-6/h9-12,24H,8H2,1-7H3,(H,23,25). The van der Waals surface area contributed by atoms with Crippen molar-refractivity contribution in [2.24, 2.45) is 5.41 Å². The Kier molecular flexibility index (Phi) is 6.44. The number of aryl methyl sites for hydroxylation is 1. The number of phenolic OH excluding ortho intramolecular Hbond substituents is 1. The first-order valence-electron chi connectivity index (χ1n) is 9.14. The van der Waals surface area contributed by atoms with E-state index in [-0.39, 0.29) is 11.7 Å². The number of phenols is 1. The molecule has 0 bridgehead atoms. The zero-order valence-corrected chi connectivity index (χ0v) is 17.6. The van der Waals surface area contributed by atoms with E-state index in [4.69, 9.17) is 14.2 Å². The molecule has 0 saturated heterocycles. The lowest BCUT2D eigenvalue weighted by Crippen LogP contribution is -2.27. The van der Waals surface area contributed by atoms with Gasteiger partial charge in [-0.15, -0.1) is 0 Å². The molecule has 28 heavy (non-hydrogen) atoms. The molecule has 0 spiro atoms. The van der Waals surface area contributed by atoms with Crippen molar-refractivity contribution in [2.45, 2.75) is 34.1 Å². The number of methoxy groups -OCH3 is 3. The Morgan fingerprint density at radius 1 is 1.00 bits per heavy atom. The zero-order valence-electron chi connectivity index (χ0n) is 17.6. The van der Waals surface area contributed by atoms with Gasteiger partial charge < -0.3 is 24.6 Å². The summed E-state index contributed by atoms with van der Waals surface area (Å²) in [5.74, 6) is 1.37. The number of hydrogen-bond acceptors (Lipinski definition) is 5. The summed E-state index contributed by atoms with van der Waals surface area (Å²) >= 11 is 0. The minimum Gasteiger partial charge on any atom is -0.506 e. The predicted octanol–water partition coefficient (Wildman–Crippen LogP) is 4.63. The molecule has 152 valence electrons. The average Bonchev–Trinajstić information content (AvgIpc) is 2.66. The molecule has 6 heteroatoms. The Morgan fingerprint density at radius 3 is 2.14 bits per heavy atom. The Balaban J connectivity index is 2.62. The number of amides is 1. The predicted molar refractivity (Wildman–Crippen MR) is 111 cm³/mol. The van der Waals surface area contributed by atoms with Crippen molar-refractivity contribution in [3.63, 3.8) is 0 Å². The Hall–Kier alpha value is -2.89. The zero-order chi connectivity index (χ0) is 21.1. The summed E-state index contributed by atoms with van der Waals surface area (Å²) in [7, 11) is 4.67. The maximum absolute atomic E-state index is 12.3. The van der Waals surface area contributed by atoms with Crippen molar-refractivity contribution in [3.05, 3.63) is 29.8 Å². The summed E-state index contributed by atoms with van der Waals surface area (Å²) in [5, 5.41) is 13.4. The molecule has 0 aliphatic carbocycles. The van der Waals surface area contributed by atoms with Crippen LogP contribution in [0.5, 0.6) is 23.0 Å². The fourth-order valence-electron chi connectivity index (χ4n) is 2.90. The van der Waals surface area contributed by atoms with Gasteiger partial charge in [-0.05, 0) is 41.8 Å². The number of anilines is 1. The summed E-state index contributed by atoms with van der Waals surface area (Å²) in [6, 6.07) is 7.09. The number of benzene rings is 2. The van der Waals surface area contributed by atoms with Gasteiger partial charge in [-0.2, -0.15) is 0 Å². The normalized spacial score (nSPS) is 11.1. The molecule has 0 atom stereocenters. The second-order valence-electron chi connectivity index (χ2n) is 7.47. The van der Waals surface area contributed by atoms with Crippen LogP contribution in [0.25, 0.3) is 11.1 Å². The molecular formula is C22H29NO5. The van der Waals surface area contributed by atoms with Crippen LogP contribution in [0.1, 0.15) is 33.3 Å². The van der Waals surface area contributed by atoms with Gasteiger partial charge >= 0.3 is 0 Å². The lowest BCUT2D eigenvalue weighted by Gasteiger charge is -2.21. The van der Waals surface area contributed by atoms with Crippen LogP contribution in [0.3, 0.4) is 0 Å². The molecule has 2 aromatic rings. The first kappa shape index (κ1) is 21.4. The van der Waals surface area contributed by atoms with E-state index in [1.807, 2.05) is 33.8 Å². The fraction of sp³-hybridized carbons (Fsp3) is 0.409. The molecule has 1 amide bonds. The molecule has 0 unspecified atom stereocenters. The minimum absolute atomic E-state index is 0.0124. The average molecular weight is 387 g/mol. The molecule has 2 N–H and O–H groups in total. The van der Waals surface area contributed by atoms with Gasteiger partial charge in [0.25, 0.3) is 0 Å². The van der Waals surface area contributed by atoms with Gasteiger partial charge in [0.15, 0.2) is 11.5 Å². The summed E-state index contributed by atoms with van der Waals surface area (Å²) in [4.78, 5) is 12.3. The van der Waals surface area contributed by atoms with E-state index in [1.54, 1.807) is 39.5 Å². The first-order valence-corrected chi connectivity index (χ1v) is 9.14. The van der Waals surface area contributed by atoms with Gasteiger partial charge in [0.1, 0.15) is 5.75 Å². The van der Waals surface area contributed by atoms with Gasteiger partial charge in [-0.1, -0.05) is 27.7 Å². The number of carbonyl (C=O) groups is 1. The van der Waals surface area contributed by atoms with E-state index < -0.39 is 5.41 Å². The van der Waals surface area contributed by atoms with Gasteiger partial charge in [0.2, 0.25) is 11.7 Å². The molecular weight excluding hydrogens is 358 g/mol. The molecule has 0 heterocycles. The van der Waals surface area contributed by atoms with Crippen molar-refractivity contribution in [1.29, 1.82) is 0 Å². The highest BCUT2D eigenvalue weighted by Crippen LogP contribution is 2.46. The van der Waals surface area contributed by atoms with E-state index in [1.165, 1.54) is 0 Å². The number of hydrogen-bond donors (Lipinski definition) is 2. The van der Waals surface area contributed by atoms with Crippen molar-refractivity contribution in [2.75, 3.05) is 26.6 Å². The molecule has 2 aromatic carbocycles. The highest BCUT2D eigenvalue weighted by molar-refractivity contribution is 5.96. The van der Waals surface area contributed by atoms with E-state index in [0.717, 1.165) is 16.7 Å². The molecule has 0 radical (unpaired) electrons. The highest BCUT2D eigenvalue weighted by atomic mass is 16.5. The van der Waals surface area contributed by atoms with Crippen LogP contribution in [0, 0.1) is 5.41 Å². The first-order chi connectivity index (χ1) is 13.2. The number of aromatic hydroxyl groups is 1. The topological polar surface area (TPSA) is 77.0 Å². The van der Waals surface area contributed by atoms with Crippen LogP contribution in [0.15, 0.2) is 24.3 Å². The lowest BCUT2D eigenvalue weighted by molar-refractivity contribution is -0.123. The second-order valence-corrected chi connectivity index (χ2v) is 7.47. The molecule has 0 aliphatic heterocycles. The molecule has 0 aromatic heterocycles. The number of nitrogens with one attached hydrogen (secondary N) is 1. The third-order valence-corrected chi connectivity index (χ3v) is 4.53. The van der Waals surface area contributed by atoms with E-state index in [2.05, 4.69) is 5.32 Å².